The number of benzene rings is 1. The molecule has 5 nitrogen and oxygen atoms in total. The molecule has 4 heterocycles. The zero-order valence-electron chi connectivity index (χ0n) is 16.3. The quantitative estimate of drug-likeness (QED) is 0.594. The highest BCUT2D eigenvalue weighted by atomic mass is 32.2. The number of carbonyl (C=O) groups excluding carboxylic acids is 1. The first-order valence-corrected chi connectivity index (χ1v) is 12.3. The Balaban J connectivity index is 1.36. The molecule has 2 saturated heterocycles. The molecule has 0 radical (unpaired) electrons. The molecule has 0 spiro atoms. The number of thioether (sulfide) groups is 1. The van der Waals surface area contributed by atoms with Crippen molar-refractivity contribution in [1.82, 2.24) is 14.3 Å². The highest BCUT2D eigenvalue weighted by Gasteiger charge is 2.31. The number of nitrogens with zero attached hydrogens (tertiary/aromatic N) is 3. The Morgan fingerprint density at radius 2 is 2.17 bits per heavy atom. The molecule has 1 amide bonds. The molecule has 29 heavy (non-hydrogen) atoms. The highest BCUT2D eigenvalue weighted by molar-refractivity contribution is 7.99. The van der Waals surface area contributed by atoms with Crippen LogP contribution in [0, 0.1) is 0 Å². The molecule has 5 rings (SSSR count). The fourth-order valence-electron chi connectivity index (χ4n) is 4.19. The summed E-state index contributed by atoms with van der Waals surface area (Å²) in [4.78, 5) is 21.1. The van der Waals surface area contributed by atoms with Gasteiger partial charge in [-0.15, -0.1) is 11.3 Å². The lowest BCUT2D eigenvalue weighted by atomic mass is 10.1. The molecule has 0 saturated carbocycles. The Kier molecular flexibility index (Phi) is 5.61. The molecule has 2 unspecified atom stereocenters. The SMILES string of the molecule is O=C(Cc1csc2nc(-c3ccccc3)cn12)N(CC1CCCO1)C1CCSC1. The van der Waals surface area contributed by atoms with Gasteiger partial charge in [0, 0.05) is 47.8 Å². The zero-order valence-corrected chi connectivity index (χ0v) is 18.0. The molecule has 0 N–H and O–H groups in total. The van der Waals surface area contributed by atoms with Crippen molar-refractivity contribution in [2.75, 3.05) is 24.7 Å². The van der Waals surface area contributed by atoms with Crippen LogP contribution in [-0.2, 0) is 16.0 Å². The number of thiazole rings is 1. The normalized spacial score (nSPS) is 21.8. The summed E-state index contributed by atoms with van der Waals surface area (Å²) in [7, 11) is 0. The molecule has 152 valence electrons. The molecular weight excluding hydrogens is 402 g/mol. The van der Waals surface area contributed by atoms with E-state index in [1.165, 1.54) is 0 Å². The number of aromatic nitrogens is 2. The Bertz CT molecular complexity index is 973. The lowest BCUT2D eigenvalue weighted by molar-refractivity contribution is -0.134. The Labute approximate surface area is 179 Å². The van der Waals surface area contributed by atoms with Crippen LogP contribution < -0.4 is 0 Å². The third-order valence-electron chi connectivity index (χ3n) is 5.78. The molecule has 0 aliphatic carbocycles. The molecule has 0 bridgehead atoms. The van der Waals surface area contributed by atoms with E-state index in [-0.39, 0.29) is 12.0 Å². The smallest absolute Gasteiger partial charge is 0.228 e. The van der Waals surface area contributed by atoms with Crippen LogP contribution in [0.1, 0.15) is 25.0 Å². The van der Waals surface area contributed by atoms with Gasteiger partial charge in [0.25, 0.3) is 0 Å². The minimum atomic E-state index is 0.199. The number of imidazole rings is 1. The third-order valence-corrected chi connectivity index (χ3v) is 7.81. The van der Waals surface area contributed by atoms with Crippen molar-refractivity contribution in [2.45, 2.75) is 37.8 Å². The number of carbonyl (C=O) groups is 1. The fraction of sp³-hybridized carbons (Fsp3) is 0.455. The summed E-state index contributed by atoms with van der Waals surface area (Å²) in [5.74, 6) is 2.40. The van der Waals surface area contributed by atoms with Crippen molar-refractivity contribution in [3.63, 3.8) is 0 Å². The van der Waals surface area contributed by atoms with Gasteiger partial charge in [-0.05, 0) is 25.0 Å². The first-order valence-electron chi connectivity index (χ1n) is 10.3. The number of hydrogen-bond donors (Lipinski definition) is 0. The number of ether oxygens (including phenoxy) is 1. The third kappa shape index (κ3) is 4.09. The molecule has 2 fully saturated rings. The van der Waals surface area contributed by atoms with E-state index in [0.717, 1.165) is 65.8 Å². The van der Waals surface area contributed by atoms with Crippen LogP contribution in [-0.4, -0.2) is 57.0 Å². The number of hydrogen-bond acceptors (Lipinski definition) is 5. The van der Waals surface area contributed by atoms with E-state index in [1.807, 2.05) is 30.0 Å². The largest absolute Gasteiger partial charge is 0.376 e. The average molecular weight is 428 g/mol. The van der Waals surface area contributed by atoms with Gasteiger partial charge in [0.15, 0.2) is 4.96 Å². The molecule has 7 heteroatoms. The van der Waals surface area contributed by atoms with E-state index < -0.39 is 0 Å². The van der Waals surface area contributed by atoms with Crippen molar-refractivity contribution in [3.8, 4) is 11.3 Å². The monoisotopic (exact) mass is 427 g/mol. The van der Waals surface area contributed by atoms with Crippen LogP contribution in [0.2, 0.25) is 0 Å². The summed E-state index contributed by atoms with van der Waals surface area (Å²) in [5, 5.41) is 2.07. The molecule has 2 aliphatic heterocycles. The van der Waals surface area contributed by atoms with Crippen LogP contribution in [0.25, 0.3) is 16.2 Å². The van der Waals surface area contributed by atoms with E-state index in [2.05, 4.69) is 33.0 Å². The Morgan fingerprint density at radius 3 is 2.93 bits per heavy atom. The van der Waals surface area contributed by atoms with Gasteiger partial charge in [-0.3, -0.25) is 9.20 Å². The average Bonchev–Trinajstić information content (AvgIpc) is 3.52. The zero-order chi connectivity index (χ0) is 19.6. The lowest BCUT2D eigenvalue weighted by Crippen LogP contribution is -2.45. The van der Waals surface area contributed by atoms with E-state index in [1.54, 1.807) is 11.3 Å². The summed E-state index contributed by atoms with van der Waals surface area (Å²) in [6.07, 6.45) is 5.93. The maximum absolute atomic E-state index is 13.3. The van der Waals surface area contributed by atoms with Gasteiger partial charge in [-0.1, -0.05) is 30.3 Å². The van der Waals surface area contributed by atoms with Crippen LogP contribution in [0.4, 0.5) is 0 Å². The number of amides is 1. The summed E-state index contributed by atoms with van der Waals surface area (Å²) < 4.78 is 7.92. The van der Waals surface area contributed by atoms with Gasteiger partial charge in [-0.25, -0.2) is 4.98 Å². The summed E-state index contributed by atoms with van der Waals surface area (Å²) in [6.45, 7) is 1.56. The van der Waals surface area contributed by atoms with Crippen molar-refractivity contribution in [3.05, 3.63) is 47.6 Å². The van der Waals surface area contributed by atoms with Gasteiger partial charge >= 0.3 is 0 Å². The second-order valence-corrected chi connectivity index (χ2v) is 9.73. The minimum Gasteiger partial charge on any atom is -0.376 e. The van der Waals surface area contributed by atoms with Crippen molar-refractivity contribution in [2.24, 2.45) is 0 Å². The maximum Gasteiger partial charge on any atom is 0.228 e. The molecule has 2 aromatic heterocycles. The fourth-order valence-corrected chi connectivity index (χ4v) is 6.29. The topological polar surface area (TPSA) is 46.8 Å². The maximum atomic E-state index is 13.3. The molecule has 1 aromatic carbocycles. The van der Waals surface area contributed by atoms with Gasteiger partial charge in [0.2, 0.25) is 5.91 Å². The lowest BCUT2D eigenvalue weighted by Gasteiger charge is -2.30. The second-order valence-electron chi connectivity index (χ2n) is 7.75. The van der Waals surface area contributed by atoms with Crippen LogP contribution in [0.5, 0.6) is 0 Å². The van der Waals surface area contributed by atoms with Gasteiger partial charge in [0.1, 0.15) is 0 Å². The van der Waals surface area contributed by atoms with Gasteiger partial charge in [0.05, 0.1) is 18.2 Å². The van der Waals surface area contributed by atoms with Crippen LogP contribution >= 0.6 is 23.1 Å². The first-order chi connectivity index (χ1) is 14.3. The van der Waals surface area contributed by atoms with E-state index in [0.29, 0.717) is 12.5 Å². The number of rotatable bonds is 6. The van der Waals surface area contributed by atoms with Crippen molar-refractivity contribution >= 4 is 34.0 Å². The van der Waals surface area contributed by atoms with Gasteiger partial charge < -0.3 is 9.64 Å². The summed E-state index contributed by atoms with van der Waals surface area (Å²) in [5.41, 5.74) is 3.07. The molecular formula is C22H25N3O2S2. The summed E-state index contributed by atoms with van der Waals surface area (Å²) >= 11 is 3.55. The first kappa shape index (κ1) is 19.2. The van der Waals surface area contributed by atoms with Crippen molar-refractivity contribution in [1.29, 1.82) is 0 Å². The predicted molar refractivity (Wildman–Crippen MR) is 119 cm³/mol. The number of fused-ring (bicyclic) bond motifs is 1. The van der Waals surface area contributed by atoms with E-state index in [4.69, 9.17) is 9.72 Å². The van der Waals surface area contributed by atoms with Crippen molar-refractivity contribution < 1.29 is 9.53 Å². The highest BCUT2D eigenvalue weighted by Crippen LogP contribution is 2.27. The van der Waals surface area contributed by atoms with E-state index in [9.17, 15) is 4.79 Å². The van der Waals surface area contributed by atoms with E-state index >= 15 is 0 Å². The molecule has 2 aliphatic rings. The Morgan fingerprint density at radius 1 is 1.28 bits per heavy atom. The second kappa shape index (κ2) is 8.50. The van der Waals surface area contributed by atoms with Crippen LogP contribution in [0.3, 0.4) is 0 Å². The minimum absolute atomic E-state index is 0.199. The standard InChI is InChI=1S/C22H25N3O2S2/c26-21(24(17-8-10-28-14-17)12-19-7-4-9-27-19)11-18-15-29-22-23-20(13-25(18)22)16-5-2-1-3-6-16/h1-3,5-6,13,15,17,19H,4,7-12,14H2. The molecule has 3 aromatic rings. The van der Waals surface area contributed by atoms with Gasteiger partial charge in [-0.2, -0.15) is 11.8 Å². The predicted octanol–water partition coefficient (Wildman–Crippen LogP) is 4.12. The summed E-state index contributed by atoms with van der Waals surface area (Å²) in [6, 6.07) is 10.5. The Hall–Kier alpha value is -1.83. The van der Waals surface area contributed by atoms with Crippen LogP contribution in [0.15, 0.2) is 41.9 Å². The molecule has 2 atom stereocenters.